The van der Waals surface area contributed by atoms with Crippen molar-refractivity contribution in [2.24, 2.45) is 0 Å². The number of ether oxygens (including phenoxy) is 1. The first-order chi connectivity index (χ1) is 7.92. The summed E-state index contributed by atoms with van der Waals surface area (Å²) in [6, 6.07) is 0.434. The number of aliphatic hydroxyl groups is 1. The van der Waals surface area contributed by atoms with Gasteiger partial charge in [0.05, 0.1) is 12.7 Å². The Kier molecular flexibility index (Phi) is 3.66. The van der Waals surface area contributed by atoms with E-state index in [-0.39, 0.29) is 6.61 Å². The summed E-state index contributed by atoms with van der Waals surface area (Å²) in [4.78, 5) is 0. The monoisotopic (exact) mass is 253 g/mol. The lowest BCUT2D eigenvalue weighted by Gasteiger charge is -2.28. The Labute approximate surface area is 98.3 Å². The van der Waals surface area contributed by atoms with Crippen molar-refractivity contribution in [2.75, 3.05) is 13.2 Å². The summed E-state index contributed by atoms with van der Waals surface area (Å²) >= 11 is 0. The average molecular weight is 253 g/mol. The van der Waals surface area contributed by atoms with Crippen molar-refractivity contribution in [2.45, 2.75) is 56.0 Å². The van der Waals surface area contributed by atoms with Crippen LogP contribution in [0.15, 0.2) is 0 Å². The number of hydrogen-bond acceptors (Lipinski definition) is 3. The lowest BCUT2D eigenvalue weighted by molar-refractivity contribution is -0.185. The Balaban J connectivity index is 1.80. The number of hydrogen-bond donors (Lipinski definition) is 2. The van der Waals surface area contributed by atoms with Gasteiger partial charge in [-0.3, -0.25) is 0 Å². The molecule has 0 saturated heterocycles. The maximum Gasteiger partial charge on any atom is 0.411 e. The van der Waals surface area contributed by atoms with Crippen LogP contribution >= 0.6 is 0 Å². The molecule has 2 N–H and O–H groups in total. The van der Waals surface area contributed by atoms with E-state index in [9.17, 15) is 18.3 Å². The van der Waals surface area contributed by atoms with Crippen molar-refractivity contribution < 1.29 is 23.0 Å². The Hall–Kier alpha value is -0.330. The maximum absolute atomic E-state index is 12.0. The van der Waals surface area contributed by atoms with Crippen LogP contribution < -0.4 is 5.32 Å². The summed E-state index contributed by atoms with van der Waals surface area (Å²) in [5, 5.41) is 12.7. The van der Waals surface area contributed by atoms with Crippen LogP contribution in [0.5, 0.6) is 0 Å². The van der Waals surface area contributed by atoms with Gasteiger partial charge in [0.25, 0.3) is 0 Å². The molecule has 0 aromatic heterocycles. The van der Waals surface area contributed by atoms with E-state index in [1.165, 1.54) is 0 Å². The molecule has 100 valence electrons. The third-order valence-corrected chi connectivity index (χ3v) is 3.44. The summed E-state index contributed by atoms with van der Waals surface area (Å²) in [6.07, 6.45) is -0.746. The standard InChI is InChI=1S/C11H18F3NO2/c12-11(13,14)7-17-9-3-4-10(5-9,6-16)15-8-1-2-8/h8-9,15-16H,1-7H2. The summed E-state index contributed by atoms with van der Waals surface area (Å²) in [7, 11) is 0. The predicted octanol–water partition coefficient (Wildman–Crippen LogP) is 1.60. The van der Waals surface area contributed by atoms with Crippen LogP contribution in [-0.4, -0.2) is 42.2 Å². The molecule has 6 heteroatoms. The third-order valence-electron chi connectivity index (χ3n) is 3.44. The Morgan fingerprint density at radius 2 is 2.00 bits per heavy atom. The maximum atomic E-state index is 12.0. The zero-order chi connectivity index (χ0) is 12.5. The van der Waals surface area contributed by atoms with Crippen molar-refractivity contribution in [3.8, 4) is 0 Å². The number of nitrogens with one attached hydrogen (secondary N) is 1. The molecular weight excluding hydrogens is 235 g/mol. The molecule has 2 atom stereocenters. The van der Waals surface area contributed by atoms with Gasteiger partial charge in [0.15, 0.2) is 0 Å². The largest absolute Gasteiger partial charge is 0.411 e. The van der Waals surface area contributed by atoms with Gasteiger partial charge in [-0.05, 0) is 32.1 Å². The smallest absolute Gasteiger partial charge is 0.394 e. The molecule has 2 aliphatic rings. The molecule has 2 aliphatic carbocycles. The molecule has 0 radical (unpaired) electrons. The molecule has 2 fully saturated rings. The van der Waals surface area contributed by atoms with Gasteiger partial charge in [-0.1, -0.05) is 0 Å². The van der Waals surface area contributed by atoms with Gasteiger partial charge in [0, 0.05) is 11.6 Å². The van der Waals surface area contributed by atoms with E-state index in [4.69, 9.17) is 4.74 Å². The molecule has 0 bridgehead atoms. The number of aliphatic hydroxyl groups excluding tert-OH is 1. The summed E-state index contributed by atoms with van der Waals surface area (Å²) < 4.78 is 40.9. The Bertz CT molecular complexity index is 268. The minimum atomic E-state index is -4.27. The van der Waals surface area contributed by atoms with Crippen LogP contribution in [0.2, 0.25) is 0 Å². The van der Waals surface area contributed by atoms with Gasteiger partial charge in [0.2, 0.25) is 0 Å². The minimum absolute atomic E-state index is 0.0324. The predicted molar refractivity (Wildman–Crippen MR) is 55.6 cm³/mol. The Morgan fingerprint density at radius 1 is 1.29 bits per heavy atom. The molecule has 0 amide bonds. The molecule has 2 unspecified atom stereocenters. The molecular formula is C11H18F3NO2. The van der Waals surface area contributed by atoms with E-state index in [2.05, 4.69) is 5.32 Å². The molecule has 0 aromatic carbocycles. The fourth-order valence-electron chi connectivity index (χ4n) is 2.41. The lowest BCUT2D eigenvalue weighted by Crippen LogP contribution is -2.48. The second-order valence-corrected chi connectivity index (χ2v) is 5.15. The molecule has 2 saturated carbocycles. The highest BCUT2D eigenvalue weighted by Gasteiger charge is 2.43. The van der Waals surface area contributed by atoms with Crippen molar-refractivity contribution in [1.29, 1.82) is 0 Å². The summed E-state index contributed by atoms with van der Waals surface area (Å²) in [5.74, 6) is 0. The first-order valence-electron chi connectivity index (χ1n) is 5.99. The molecule has 0 aromatic rings. The van der Waals surface area contributed by atoms with Crippen molar-refractivity contribution >= 4 is 0 Å². The van der Waals surface area contributed by atoms with Gasteiger partial charge in [0.1, 0.15) is 6.61 Å². The molecule has 0 heterocycles. The van der Waals surface area contributed by atoms with E-state index in [0.29, 0.717) is 25.3 Å². The second-order valence-electron chi connectivity index (χ2n) is 5.15. The zero-order valence-electron chi connectivity index (χ0n) is 9.59. The molecule has 2 rings (SSSR count). The van der Waals surface area contributed by atoms with E-state index < -0.39 is 24.4 Å². The summed E-state index contributed by atoms with van der Waals surface area (Å²) in [6.45, 7) is -1.22. The third kappa shape index (κ3) is 3.82. The van der Waals surface area contributed by atoms with Gasteiger partial charge < -0.3 is 15.2 Å². The molecule has 0 aliphatic heterocycles. The van der Waals surface area contributed by atoms with Crippen molar-refractivity contribution in [1.82, 2.24) is 5.32 Å². The molecule has 0 spiro atoms. The van der Waals surface area contributed by atoms with Crippen LogP contribution in [-0.2, 0) is 4.74 Å². The second kappa shape index (κ2) is 4.74. The quantitative estimate of drug-likeness (QED) is 0.782. The molecule has 17 heavy (non-hydrogen) atoms. The van der Waals surface area contributed by atoms with Crippen molar-refractivity contribution in [3.05, 3.63) is 0 Å². The first kappa shape index (κ1) is 13.1. The van der Waals surface area contributed by atoms with Gasteiger partial charge >= 0.3 is 6.18 Å². The number of halogens is 3. The van der Waals surface area contributed by atoms with Gasteiger partial charge in [-0.15, -0.1) is 0 Å². The number of rotatable bonds is 5. The van der Waals surface area contributed by atoms with Crippen LogP contribution in [0.4, 0.5) is 13.2 Å². The fourth-order valence-corrected chi connectivity index (χ4v) is 2.41. The minimum Gasteiger partial charge on any atom is -0.394 e. The van der Waals surface area contributed by atoms with E-state index in [0.717, 1.165) is 12.8 Å². The van der Waals surface area contributed by atoms with E-state index >= 15 is 0 Å². The highest BCUT2D eigenvalue weighted by molar-refractivity contribution is 5.01. The fraction of sp³-hybridized carbons (Fsp3) is 1.00. The van der Waals surface area contributed by atoms with Gasteiger partial charge in [-0.25, -0.2) is 0 Å². The van der Waals surface area contributed by atoms with E-state index in [1.807, 2.05) is 0 Å². The van der Waals surface area contributed by atoms with E-state index in [1.54, 1.807) is 0 Å². The average Bonchev–Trinajstić information content (AvgIpc) is 2.94. The number of alkyl halides is 3. The first-order valence-corrected chi connectivity index (χ1v) is 5.99. The SMILES string of the molecule is OCC1(NC2CC2)CCC(OCC(F)(F)F)C1. The van der Waals surface area contributed by atoms with Crippen molar-refractivity contribution in [3.63, 3.8) is 0 Å². The normalized spacial score (nSPS) is 34.2. The topological polar surface area (TPSA) is 41.5 Å². The molecule has 3 nitrogen and oxygen atoms in total. The highest BCUT2D eigenvalue weighted by atomic mass is 19.4. The summed E-state index contributed by atoms with van der Waals surface area (Å²) in [5.41, 5.74) is -0.419. The van der Waals surface area contributed by atoms with Gasteiger partial charge in [-0.2, -0.15) is 13.2 Å². The Morgan fingerprint density at radius 3 is 2.53 bits per heavy atom. The van der Waals surface area contributed by atoms with Crippen LogP contribution in [0.25, 0.3) is 0 Å². The van der Waals surface area contributed by atoms with Crippen LogP contribution in [0, 0.1) is 0 Å². The lowest BCUT2D eigenvalue weighted by atomic mass is 9.98. The van der Waals surface area contributed by atoms with Crippen LogP contribution in [0.1, 0.15) is 32.1 Å². The zero-order valence-corrected chi connectivity index (χ0v) is 9.59. The van der Waals surface area contributed by atoms with Crippen LogP contribution in [0.3, 0.4) is 0 Å². The highest BCUT2D eigenvalue weighted by Crippen LogP contribution is 2.35.